The molecule has 28 heavy (non-hydrogen) atoms. The SMILES string of the molecule is C=CC[C@@H]1C(=O)C[C@H](O[Si](C)(C)C(C)(C)C)[C@H]1C12C[C@H]3C[C@@H](C1)OC(C)(O3)O2. The van der Waals surface area contributed by atoms with Gasteiger partial charge in [-0.15, -0.1) is 6.58 Å². The van der Waals surface area contributed by atoms with E-state index in [1.807, 2.05) is 13.0 Å². The Labute approximate surface area is 170 Å². The standard InChI is InChI=1S/C22H36O5Si/c1-8-9-16-17(23)11-18(26-28(6,7)20(2,3)4)19(16)22-12-14-10-15(13-22)25-21(5,24-14)27-22/h8,14-16,18-19H,1,9-13H2,2-7H3/t14-,15+,16-,18+,19+,21?,22?/m1/s1. The van der Waals surface area contributed by atoms with Gasteiger partial charge in [0.25, 0.3) is 5.97 Å². The fourth-order valence-corrected chi connectivity index (χ4v) is 7.08. The van der Waals surface area contributed by atoms with Crippen LogP contribution in [0.15, 0.2) is 12.7 Å². The highest BCUT2D eigenvalue weighted by Gasteiger charge is 2.66. The molecule has 2 aliphatic carbocycles. The van der Waals surface area contributed by atoms with Crippen molar-refractivity contribution in [3.05, 3.63) is 12.7 Å². The Bertz CT molecular complexity index is 652. The summed E-state index contributed by atoms with van der Waals surface area (Å²) in [5, 5.41) is 0.0949. The molecule has 5 rings (SSSR count). The van der Waals surface area contributed by atoms with Crippen molar-refractivity contribution >= 4 is 14.1 Å². The number of allylic oxidation sites excluding steroid dienone is 1. The summed E-state index contributed by atoms with van der Waals surface area (Å²) in [6, 6.07) is 0. The summed E-state index contributed by atoms with van der Waals surface area (Å²) < 4.78 is 25.5. The highest BCUT2D eigenvalue weighted by atomic mass is 28.4. The molecule has 0 aromatic heterocycles. The summed E-state index contributed by atoms with van der Waals surface area (Å²) in [5.74, 6) is -0.757. The lowest BCUT2D eigenvalue weighted by molar-refractivity contribution is -0.516. The molecule has 158 valence electrons. The van der Waals surface area contributed by atoms with Gasteiger partial charge in [0.2, 0.25) is 0 Å². The van der Waals surface area contributed by atoms with E-state index in [0.717, 1.165) is 19.3 Å². The highest BCUT2D eigenvalue weighted by molar-refractivity contribution is 6.74. The number of Topliss-reactive ketones (excluding diaryl/α,β-unsaturated/α-hetero) is 1. The first kappa shape index (κ1) is 20.7. The van der Waals surface area contributed by atoms with E-state index in [1.165, 1.54) is 0 Å². The Kier molecular flexibility index (Phi) is 4.80. The first-order chi connectivity index (χ1) is 12.9. The number of carbonyl (C=O) groups is 1. The molecule has 5 fully saturated rings. The highest BCUT2D eigenvalue weighted by Crippen LogP contribution is 2.58. The van der Waals surface area contributed by atoms with E-state index in [4.69, 9.17) is 18.6 Å². The van der Waals surface area contributed by atoms with Gasteiger partial charge in [-0.1, -0.05) is 26.8 Å². The maximum Gasteiger partial charge on any atom is 0.280 e. The van der Waals surface area contributed by atoms with Crippen molar-refractivity contribution in [1.82, 2.24) is 0 Å². The van der Waals surface area contributed by atoms with Crippen LogP contribution in [0.1, 0.15) is 59.8 Å². The number of ketones is 1. The van der Waals surface area contributed by atoms with Crippen molar-refractivity contribution in [2.75, 3.05) is 0 Å². The molecule has 0 aromatic carbocycles. The van der Waals surface area contributed by atoms with Gasteiger partial charge >= 0.3 is 0 Å². The predicted octanol–water partition coefficient (Wildman–Crippen LogP) is 4.57. The van der Waals surface area contributed by atoms with E-state index < -0.39 is 19.9 Å². The Balaban J connectivity index is 1.70. The summed E-state index contributed by atoms with van der Waals surface area (Å²) in [6.45, 7) is 17.1. The second-order valence-electron chi connectivity index (χ2n) is 10.9. The monoisotopic (exact) mass is 408 g/mol. The molecular formula is C22H36O5Si. The average molecular weight is 409 g/mol. The molecule has 0 radical (unpaired) electrons. The largest absolute Gasteiger partial charge is 0.413 e. The number of ether oxygens (including phenoxy) is 3. The van der Waals surface area contributed by atoms with Crippen molar-refractivity contribution in [3.8, 4) is 0 Å². The lowest BCUT2D eigenvalue weighted by Crippen LogP contribution is -2.70. The Morgan fingerprint density at radius 2 is 1.86 bits per heavy atom. The first-order valence-corrected chi connectivity index (χ1v) is 13.7. The number of rotatable bonds is 5. The molecule has 4 bridgehead atoms. The molecule has 0 spiro atoms. The first-order valence-electron chi connectivity index (χ1n) is 10.8. The lowest BCUT2D eigenvalue weighted by Gasteiger charge is -2.62. The van der Waals surface area contributed by atoms with Crippen LogP contribution in [0.25, 0.3) is 0 Å². The number of carbonyl (C=O) groups excluding carboxylic acids is 1. The Morgan fingerprint density at radius 3 is 2.36 bits per heavy atom. The molecule has 3 saturated heterocycles. The van der Waals surface area contributed by atoms with Crippen molar-refractivity contribution < 1.29 is 23.4 Å². The molecule has 2 saturated carbocycles. The molecule has 7 atom stereocenters. The summed E-state index contributed by atoms with van der Waals surface area (Å²) in [4.78, 5) is 13.1. The third-order valence-electron chi connectivity index (χ3n) is 7.75. The van der Waals surface area contributed by atoms with Crippen LogP contribution in [-0.4, -0.2) is 44.0 Å². The van der Waals surface area contributed by atoms with Crippen molar-refractivity contribution in [2.45, 2.75) is 108 Å². The maximum absolute atomic E-state index is 13.1. The van der Waals surface area contributed by atoms with Gasteiger partial charge in [0.1, 0.15) is 5.78 Å². The normalized spacial score (nSPS) is 45.6. The molecule has 5 aliphatic rings. The van der Waals surface area contributed by atoms with Crippen LogP contribution in [-0.2, 0) is 23.4 Å². The van der Waals surface area contributed by atoms with Crippen molar-refractivity contribution in [2.24, 2.45) is 11.8 Å². The third-order valence-corrected chi connectivity index (χ3v) is 12.3. The van der Waals surface area contributed by atoms with Crippen molar-refractivity contribution in [1.29, 1.82) is 0 Å². The van der Waals surface area contributed by atoms with Crippen LogP contribution in [0, 0.1) is 11.8 Å². The van der Waals surface area contributed by atoms with E-state index in [-0.39, 0.29) is 35.2 Å². The minimum atomic E-state index is -2.02. The van der Waals surface area contributed by atoms with Crippen LogP contribution in [0.2, 0.25) is 18.1 Å². The summed E-state index contributed by atoms with van der Waals surface area (Å²) in [5.41, 5.74) is -0.411. The minimum Gasteiger partial charge on any atom is -0.413 e. The Hall–Kier alpha value is -0.533. The second kappa shape index (κ2) is 6.48. The zero-order chi connectivity index (χ0) is 20.5. The molecular weight excluding hydrogens is 372 g/mol. The number of hydrogen-bond donors (Lipinski definition) is 0. The summed E-state index contributed by atoms with van der Waals surface area (Å²) in [6.07, 6.45) is 5.78. The van der Waals surface area contributed by atoms with Gasteiger partial charge in [0, 0.05) is 44.4 Å². The van der Waals surface area contributed by atoms with Gasteiger partial charge in [0.05, 0.1) is 23.9 Å². The van der Waals surface area contributed by atoms with E-state index in [2.05, 4.69) is 40.4 Å². The van der Waals surface area contributed by atoms with E-state index in [1.54, 1.807) is 0 Å². The van der Waals surface area contributed by atoms with Gasteiger partial charge in [0.15, 0.2) is 8.32 Å². The fraction of sp³-hybridized carbons (Fsp3) is 0.864. The minimum absolute atomic E-state index is 0.0320. The van der Waals surface area contributed by atoms with Gasteiger partial charge in [-0.05, 0) is 24.6 Å². The van der Waals surface area contributed by atoms with E-state index in [9.17, 15) is 4.79 Å². The van der Waals surface area contributed by atoms with Gasteiger partial charge < -0.3 is 18.6 Å². The molecule has 3 heterocycles. The van der Waals surface area contributed by atoms with E-state index in [0.29, 0.717) is 18.6 Å². The van der Waals surface area contributed by atoms with Crippen LogP contribution in [0.3, 0.4) is 0 Å². The van der Waals surface area contributed by atoms with Gasteiger partial charge in [-0.25, -0.2) is 0 Å². The average Bonchev–Trinajstić information content (AvgIpc) is 2.79. The van der Waals surface area contributed by atoms with Crippen LogP contribution in [0.5, 0.6) is 0 Å². The van der Waals surface area contributed by atoms with Gasteiger partial charge in [-0.2, -0.15) is 0 Å². The molecule has 2 unspecified atom stereocenters. The molecule has 0 amide bonds. The molecule has 0 aromatic rings. The number of hydrogen-bond acceptors (Lipinski definition) is 5. The zero-order valence-corrected chi connectivity index (χ0v) is 19.2. The lowest BCUT2D eigenvalue weighted by atomic mass is 9.67. The third kappa shape index (κ3) is 3.25. The van der Waals surface area contributed by atoms with Crippen molar-refractivity contribution in [3.63, 3.8) is 0 Å². The fourth-order valence-electron chi connectivity index (χ4n) is 5.74. The molecule has 6 heteroatoms. The topological polar surface area (TPSA) is 54.0 Å². The zero-order valence-electron chi connectivity index (χ0n) is 18.2. The molecule has 0 N–H and O–H groups in total. The van der Waals surface area contributed by atoms with E-state index >= 15 is 0 Å². The summed E-state index contributed by atoms with van der Waals surface area (Å²) >= 11 is 0. The van der Waals surface area contributed by atoms with Crippen LogP contribution >= 0.6 is 0 Å². The quantitative estimate of drug-likeness (QED) is 0.493. The van der Waals surface area contributed by atoms with Crippen LogP contribution < -0.4 is 0 Å². The van der Waals surface area contributed by atoms with Gasteiger partial charge in [-0.3, -0.25) is 4.79 Å². The predicted molar refractivity (Wildman–Crippen MR) is 109 cm³/mol. The molecule has 5 nitrogen and oxygen atoms in total. The maximum atomic E-state index is 13.1. The molecule has 3 aliphatic heterocycles. The second-order valence-corrected chi connectivity index (χ2v) is 15.7. The Morgan fingerprint density at radius 1 is 1.25 bits per heavy atom. The summed E-state index contributed by atoms with van der Waals surface area (Å²) in [7, 11) is -2.02. The van der Waals surface area contributed by atoms with Crippen LogP contribution in [0.4, 0.5) is 0 Å². The smallest absolute Gasteiger partial charge is 0.280 e.